The molecule has 8 heteroatoms. The molecule has 2 amide bonds. The van der Waals surface area contributed by atoms with Gasteiger partial charge in [0.05, 0.1) is 5.69 Å². The minimum Gasteiger partial charge on any atom is -0.305 e. The predicted molar refractivity (Wildman–Crippen MR) is 105 cm³/mol. The van der Waals surface area contributed by atoms with Crippen molar-refractivity contribution in [1.29, 1.82) is 0 Å². The number of hydrogen-bond donors (Lipinski definition) is 0. The second kappa shape index (κ2) is 7.17. The van der Waals surface area contributed by atoms with Crippen molar-refractivity contribution in [3.05, 3.63) is 59.6 Å². The smallest absolute Gasteiger partial charge is 0.247 e. The first kappa shape index (κ1) is 17.8. The average Bonchev–Trinajstić information content (AvgIpc) is 3.16. The molecule has 136 valence electrons. The molecule has 0 saturated carbocycles. The Kier molecular flexibility index (Phi) is 4.72. The number of rotatable bonds is 4. The maximum atomic E-state index is 12.8. The van der Waals surface area contributed by atoms with Crippen LogP contribution in [-0.2, 0) is 16.6 Å². The van der Waals surface area contributed by atoms with Gasteiger partial charge in [-0.25, -0.2) is 4.90 Å². The minimum absolute atomic E-state index is 0.140. The largest absolute Gasteiger partial charge is 0.305 e. The number of aromatic nitrogens is 3. The van der Waals surface area contributed by atoms with Gasteiger partial charge in [-0.3, -0.25) is 9.59 Å². The zero-order valence-electron chi connectivity index (χ0n) is 14.4. The Morgan fingerprint density at radius 2 is 1.74 bits per heavy atom. The number of carbonyl (C=O) groups excluding carboxylic acids is 2. The van der Waals surface area contributed by atoms with Gasteiger partial charge in [-0.15, -0.1) is 10.2 Å². The average molecular weight is 399 g/mol. The molecule has 1 aliphatic rings. The normalized spacial score (nSPS) is 17.0. The number of amides is 2. The van der Waals surface area contributed by atoms with E-state index in [0.29, 0.717) is 21.7 Å². The maximum Gasteiger partial charge on any atom is 0.247 e. The third-order valence-electron chi connectivity index (χ3n) is 4.30. The molecule has 4 rings (SSSR count). The molecule has 2 aromatic carbocycles. The summed E-state index contributed by atoms with van der Waals surface area (Å²) in [5, 5.41) is 9.13. The van der Waals surface area contributed by atoms with Gasteiger partial charge in [0, 0.05) is 24.1 Å². The quantitative estimate of drug-likeness (QED) is 0.628. The number of para-hydroxylation sites is 1. The lowest BCUT2D eigenvalue weighted by molar-refractivity contribution is -0.121. The molecule has 0 aliphatic carbocycles. The standard InChI is InChI=1S/C19H15ClN4O2S/c1-23-17(12-7-9-13(20)10-8-12)21-22-19(23)27-15-11-16(25)24(18(15)26)14-5-3-2-4-6-14/h2-10,15H,11H2,1H3/t15-/m0/s1. The van der Waals surface area contributed by atoms with Crippen molar-refractivity contribution < 1.29 is 9.59 Å². The molecular formula is C19H15ClN4O2S. The van der Waals surface area contributed by atoms with Crippen LogP contribution in [0.4, 0.5) is 5.69 Å². The van der Waals surface area contributed by atoms with E-state index in [4.69, 9.17) is 11.6 Å². The van der Waals surface area contributed by atoms with E-state index < -0.39 is 5.25 Å². The third-order valence-corrected chi connectivity index (χ3v) is 5.78. The number of anilines is 1. The molecule has 3 aromatic rings. The maximum absolute atomic E-state index is 12.8. The van der Waals surface area contributed by atoms with Crippen LogP contribution in [0.5, 0.6) is 0 Å². The van der Waals surface area contributed by atoms with Gasteiger partial charge in [-0.2, -0.15) is 0 Å². The highest BCUT2D eigenvalue weighted by Gasteiger charge is 2.41. The molecule has 0 radical (unpaired) electrons. The van der Waals surface area contributed by atoms with Crippen LogP contribution >= 0.6 is 23.4 Å². The van der Waals surface area contributed by atoms with E-state index in [1.165, 1.54) is 16.7 Å². The summed E-state index contributed by atoms with van der Waals surface area (Å²) in [6.07, 6.45) is 0.140. The van der Waals surface area contributed by atoms with E-state index in [1.54, 1.807) is 36.4 Å². The topological polar surface area (TPSA) is 68.1 Å². The highest BCUT2D eigenvalue weighted by molar-refractivity contribution is 8.00. The van der Waals surface area contributed by atoms with Gasteiger partial charge < -0.3 is 4.57 Å². The second-order valence-corrected chi connectivity index (χ2v) is 7.69. The lowest BCUT2D eigenvalue weighted by Gasteiger charge is -2.14. The Hall–Kier alpha value is -2.64. The molecule has 0 bridgehead atoms. The van der Waals surface area contributed by atoms with Gasteiger partial charge in [0.25, 0.3) is 0 Å². The predicted octanol–water partition coefficient (Wildman–Crippen LogP) is 3.56. The van der Waals surface area contributed by atoms with Gasteiger partial charge in [-0.05, 0) is 36.4 Å². The molecule has 1 aromatic heterocycles. The molecule has 6 nitrogen and oxygen atoms in total. The molecule has 1 atom stereocenters. The molecule has 0 N–H and O–H groups in total. The molecule has 1 fully saturated rings. The van der Waals surface area contributed by atoms with E-state index >= 15 is 0 Å². The third kappa shape index (κ3) is 3.36. The van der Waals surface area contributed by atoms with E-state index in [2.05, 4.69) is 10.2 Å². The molecule has 0 unspecified atom stereocenters. The first-order valence-corrected chi connectivity index (χ1v) is 9.54. The van der Waals surface area contributed by atoms with Crippen LogP contribution in [0, 0.1) is 0 Å². The number of hydrogen-bond acceptors (Lipinski definition) is 5. The van der Waals surface area contributed by atoms with E-state index in [9.17, 15) is 9.59 Å². The Morgan fingerprint density at radius 3 is 2.44 bits per heavy atom. The number of thioether (sulfide) groups is 1. The van der Waals surface area contributed by atoms with Crippen LogP contribution in [-0.4, -0.2) is 31.8 Å². The second-order valence-electron chi connectivity index (χ2n) is 6.09. The molecule has 0 spiro atoms. The summed E-state index contributed by atoms with van der Waals surface area (Å²) in [6, 6.07) is 16.3. The SMILES string of the molecule is Cn1c(S[C@H]2CC(=O)N(c3ccccc3)C2=O)nnc1-c1ccc(Cl)cc1. The van der Waals surface area contributed by atoms with Gasteiger partial charge in [0.2, 0.25) is 11.8 Å². The molecule has 1 saturated heterocycles. The van der Waals surface area contributed by atoms with Crippen molar-refractivity contribution in [2.75, 3.05) is 4.90 Å². The minimum atomic E-state index is -0.515. The first-order chi connectivity index (χ1) is 13.0. The summed E-state index contributed by atoms with van der Waals surface area (Å²) >= 11 is 7.19. The fourth-order valence-corrected chi connectivity index (χ4v) is 4.08. The van der Waals surface area contributed by atoms with Crippen LogP contribution in [0.1, 0.15) is 6.42 Å². The van der Waals surface area contributed by atoms with Crippen molar-refractivity contribution in [3.63, 3.8) is 0 Å². The fourth-order valence-electron chi connectivity index (χ4n) is 2.94. The summed E-state index contributed by atoms with van der Waals surface area (Å²) < 4.78 is 1.82. The van der Waals surface area contributed by atoms with Crippen molar-refractivity contribution in [2.24, 2.45) is 7.05 Å². The Balaban J connectivity index is 1.56. The lowest BCUT2D eigenvalue weighted by Crippen LogP contribution is -2.31. The van der Waals surface area contributed by atoms with Gasteiger partial charge in [0.1, 0.15) is 5.25 Å². The Morgan fingerprint density at radius 1 is 1.04 bits per heavy atom. The van der Waals surface area contributed by atoms with Crippen LogP contribution < -0.4 is 4.90 Å². The van der Waals surface area contributed by atoms with Gasteiger partial charge in [-0.1, -0.05) is 41.6 Å². The summed E-state index contributed by atoms with van der Waals surface area (Å²) in [4.78, 5) is 26.4. The molecule has 27 heavy (non-hydrogen) atoms. The van der Waals surface area contributed by atoms with E-state index in [0.717, 1.165) is 5.56 Å². The summed E-state index contributed by atoms with van der Waals surface area (Å²) in [7, 11) is 1.84. The highest BCUT2D eigenvalue weighted by Crippen LogP contribution is 2.34. The van der Waals surface area contributed by atoms with Crippen LogP contribution in [0.15, 0.2) is 59.8 Å². The van der Waals surface area contributed by atoms with Crippen LogP contribution in [0.25, 0.3) is 11.4 Å². The summed E-state index contributed by atoms with van der Waals surface area (Å²) in [5.41, 5.74) is 1.47. The number of benzene rings is 2. The molecule has 2 heterocycles. The number of carbonyl (C=O) groups is 2. The van der Waals surface area contributed by atoms with Crippen molar-refractivity contribution in [2.45, 2.75) is 16.8 Å². The summed E-state index contributed by atoms with van der Waals surface area (Å²) in [5.74, 6) is 0.238. The van der Waals surface area contributed by atoms with Crippen LogP contribution in [0.3, 0.4) is 0 Å². The lowest BCUT2D eigenvalue weighted by atomic mass is 10.2. The Bertz CT molecular complexity index is 1000. The summed E-state index contributed by atoms with van der Waals surface area (Å²) in [6.45, 7) is 0. The Labute approximate surface area is 165 Å². The number of imide groups is 1. The zero-order valence-corrected chi connectivity index (χ0v) is 15.9. The number of halogens is 1. The van der Waals surface area contributed by atoms with Crippen molar-refractivity contribution in [3.8, 4) is 11.4 Å². The van der Waals surface area contributed by atoms with Crippen molar-refractivity contribution in [1.82, 2.24) is 14.8 Å². The van der Waals surface area contributed by atoms with E-state index in [1.807, 2.05) is 29.8 Å². The van der Waals surface area contributed by atoms with Crippen LogP contribution in [0.2, 0.25) is 5.02 Å². The highest BCUT2D eigenvalue weighted by atomic mass is 35.5. The molecular weight excluding hydrogens is 384 g/mol. The molecule has 1 aliphatic heterocycles. The zero-order chi connectivity index (χ0) is 19.0. The monoisotopic (exact) mass is 398 g/mol. The van der Waals surface area contributed by atoms with Gasteiger partial charge in [0.15, 0.2) is 11.0 Å². The first-order valence-electron chi connectivity index (χ1n) is 8.28. The number of nitrogens with zero attached hydrogens (tertiary/aromatic N) is 4. The van der Waals surface area contributed by atoms with Gasteiger partial charge >= 0.3 is 0 Å². The van der Waals surface area contributed by atoms with E-state index in [-0.39, 0.29) is 18.2 Å². The fraction of sp³-hybridized carbons (Fsp3) is 0.158. The van der Waals surface area contributed by atoms with Crippen molar-refractivity contribution >= 4 is 40.9 Å².